The SMILES string of the molecule is [C-]#[N+]c1c(C)c([C@@H]2CN3CCN(C(=O)OC(C)(C)C)C[C@@H]3CO2)cc(C)c1F. The Labute approximate surface area is 166 Å². The molecule has 2 heterocycles. The summed E-state index contributed by atoms with van der Waals surface area (Å²) in [5.74, 6) is -0.448. The topological polar surface area (TPSA) is 46.4 Å². The number of hydrogen-bond donors (Lipinski definition) is 0. The van der Waals surface area contributed by atoms with Crippen molar-refractivity contribution in [3.63, 3.8) is 0 Å². The van der Waals surface area contributed by atoms with Crippen LogP contribution in [0.3, 0.4) is 0 Å². The van der Waals surface area contributed by atoms with E-state index in [9.17, 15) is 9.18 Å². The standard InChI is InChI=1S/C21H28FN3O3/c1-13-9-16(14(2)19(23-6)18(13)22)17-11-24-7-8-25(10-15(24)12-27-17)20(26)28-21(3,4)5/h9,15,17H,7-8,10-12H2,1-5H3/t15-,17+/m1/s1. The molecule has 1 aromatic rings. The molecule has 7 heteroatoms. The van der Waals surface area contributed by atoms with Crippen molar-refractivity contribution in [2.75, 3.05) is 32.8 Å². The molecular weight excluding hydrogens is 361 g/mol. The van der Waals surface area contributed by atoms with Crippen molar-refractivity contribution in [3.05, 3.63) is 40.0 Å². The quantitative estimate of drug-likeness (QED) is 0.682. The highest BCUT2D eigenvalue weighted by molar-refractivity contribution is 5.68. The van der Waals surface area contributed by atoms with Crippen LogP contribution >= 0.6 is 0 Å². The molecule has 0 N–H and O–H groups in total. The van der Waals surface area contributed by atoms with Crippen LogP contribution in [-0.4, -0.2) is 60.3 Å². The zero-order chi connectivity index (χ0) is 20.6. The van der Waals surface area contributed by atoms with Gasteiger partial charge in [0.2, 0.25) is 5.69 Å². The zero-order valence-electron chi connectivity index (χ0n) is 17.2. The summed E-state index contributed by atoms with van der Waals surface area (Å²) < 4.78 is 25.8. The number of hydrogen-bond acceptors (Lipinski definition) is 4. The molecular formula is C21H28FN3O3. The van der Waals surface area contributed by atoms with Gasteiger partial charge >= 0.3 is 6.09 Å². The second kappa shape index (κ2) is 7.69. The van der Waals surface area contributed by atoms with E-state index >= 15 is 0 Å². The van der Waals surface area contributed by atoms with Gasteiger partial charge in [-0.1, -0.05) is 6.07 Å². The molecule has 6 nitrogen and oxygen atoms in total. The highest BCUT2D eigenvalue weighted by Crippen LogP contribution is 2.36. The Morgan fingerprint density at radius 3 is 2.68 bits per heavy atom. The van der Waals surface area contributed by atoms with Gasteiger partial charge in [0.15, 0.2) is 0 Å². The molecule has 0 spiro atoms. The lowest BCUT2D eigenvalue weighted by molar-refractivity contribution is -0.0908. The first-order valence-corrected chi connectivity index (χ1v) is 9.61. The van der Waals surface area contributed by atoms with Gasteiger partial charge in [0.25, 0.3) is 0 Å². The first kappa shape index (κ1) is 20.6. The van der Waals surface area contributed by atoms with Crippen LogP contribution in [0, 0.1) is 26.2 Å². The maximum atomic E-state index is 14.2. The van der Waals surface area contributed by atoms with Gasteiger partial charge in [0.1, 0.15) is 11.4 Å². The number of rotatable bonds is 1. The normalized spacial score (nSPS) is 23.1. The number of piperazine rings is 1. The van der Waals surface area contributed by atoms with Crippen LogP contribution in [0.1, 0.15) is 43.6 Å². The minimum atomic E-state index is -0.513. The molecule has 0 bridgehead atoms. The van der Waals surface area contributed by atoms with Crippen molar-refractivity contribution in [1.82, 2.24) is 9.80 Å². The molecule has 2 fully saturated rings. The fraction of sp³-hybridized carbons (Fsp3) is 0.619. The number of amides is 1. The molecule has 0 aliphatic carbocycles. The minimum Gasteiger partial charge on any atom is -0.444 e. The molecule has 0 saturated carbocycles. The summed E-state index contributed by atoms with van der Waals surface area (Å²) in [4.78, 5) is 19.8. The van der Waals surface area contributed by atoms with E-state index in [4.69, 9.17) is 16.0 Å². The third-order valence-corrected chi connectivity index (χ3v) is 5.32. The van der Waals surface area contributed by atoms with Crippen molar-refractivity contribution < 1.29 is 18.7 Å². The van der Waals surface area contributed by atoms with Gasteiger partial charge < -0.3 is 14.4 Å². The van der Waals surface area contributed by atoms with Crippen LogP contribution < -0.4 is 0 Å². The predicted octanol–water partition coefficient (Wildman–Crippen LogP) is 3.99. The number of morpholine rings is 1. The van der Waals surface area contributed by atoms with Gasteiger partial charge in [-0.05, 0) is 51.3 Å². The number of ether oxygens (including phenoxy) is 2. The highest BCUT2D eigenvalue weighted by Gasteiger charge is 2.37. The summed E-state index contributed by atoms with van der Waals surface area (Å²) in [6.07, 6.45) is -0.495. The number of nitrogens with zero attached hydrogens (tertiary/aromatic N) is 3. The lowest BCUT2D eigenvalue weighted by Crippen LogP contribution is -2.60. The van der Waals surface area contributed by atoms with Crippen LogP contribution in [0.5, 0.6) is 0 Å². The molecule has 2 aliphatic heterocycles. The van der Waals surface area contributed by atoms with Crippen molar-refractivity contribution in [2.24, 2.45) is 0 Å². The molecule has 2 atom stereocenters. The van der Waals surface area contributed by atoms with Crippen LogP contribution in [0.25, 0.3) is 4.85 Å². The van der Waals surface area contributed by atoms with E-state index in [2.05, 4.69) is 9.74 Å². The number of fused-ring (bicyclic) bond motifs is 1. The number of aryl methyl sites for hydroxylation is 1. The largest absolute Gasteiger partial charge is 0.444 e. The average molecular weight is 389 g/mol. The highest BCUT2D eigenvalue weighted by atomic mass is 19.1. The zero-order valence-corrected chi connectivity index (χ0v) is 17.2. The number of benzene rings is 1. The Morgan fingerprint density at radius 2 is 2.04 bits per heavy atom. The van der Waals surface area contributed by atoms with E-state index in [-0.39, 0.29) is 23.9 Å². The molecule has 0 radical (unpaired) electrons. The summed E-state index contributed by atoms with van der Waals surface area (Å²) in [7, 11) is 0. The second-order valence-corrected chi connectivity index (χ2v) is 8.58. The van der Waals surface area contributed by atoms with Crippen LogP contribution in [0.4, 0.5) is 14.9 Å². The Kier molecular flexibility index (Phi) is 5.64. The molecule has 2 saturated heterocycles. The van der Waals surface area contributed by atoms with Gasteiger partial charge in [-0.2, -0.15) is 0 Å². The van der Waals surface area contributed by atoms with E-state index in [1.165, 1.54) is 0 Å². The molecule has 1 aromatic carbocycles. The number of carbonyl (C=O) groups is 1. The third-order valence-electron chi connectivity index (χ3n) is 5.32. The van der Waals surface area contributed by atoms with Crippen molar-refractivity contribution >= 4 is 11.8 Å². The maximum absolute atomic E-state index is 14.2. The molecule has 152 valence electrons. The Hall–Kier alpha value is -2.17. The summed E-state index contributed by atoms with van der Waals surface area (Å²) in [6.45, 7) is 19.4. The van der Waals surface area contributed by atoms with Crippen molar-refractivity contribution in [2.45, 2.75) is 52.4 Å². The van der Waals surface area contributed by atoms with Crippen LogP contribution in [0.15, 0.2) is 6.07 Å². The van der Waals surface area contributed by atoms with Crippen molar-refractivity contribution in [3.8, 4) is 0 Å². The van der Waals surface area contributed by atoms with Gasteiger partial charge in [-0.15, -0.1) is 0 Å². The summed E-state index contributed by atoms with van der Waals surface area (Å²) >= 11 is 0. The molecule has 1 amide bonds. The monoisotopic (exact) mass is 389 g/mol. The first-order chi connectivity index (χ1) is 13.1. The van der Waals surface area contributed by atoms with E-state index in [0.29, 0.717) is 37.4 Å². The average Bonchev–Trinajstić information content (AvgIpc) is 2.63. The fourth-order valence-corrected chi connectivity index (χ4v) is 3.83. The van der Waals surface area contributed by atoms with Gasteiger partial charge in [0.05, 0.1) is 25.3 Å². The Balaban J connectivity index is 1.70. The van der Waals surface area contributed by atoms with E-state index in [0.717, 1.165) is 12.1 Å². The number of carbonyl (C=O) groups excluding carboxylic acids is 1. The van der Waals surface area contributed by atoms with Crippen LogP contribution in [0.2, 0.25) is 0 Å². The van der Waals surface area contributed by atoms with E-state index in [1.54, 1.807) is 24.8 Å². The molecule has 2 aliphatic rings. The third kappa shape index (κ3) is 4.13. The van der Waals surface area contributed by atoms with Gasteiger partial charge in [0, 0.05) is 26.2 Å². The number of halogens is 1. The second-order valence-electron chi connectivity index (χ2n) is 8.58. The molecule has 28 heavy (non-hydrogen) atoms. The van der Waals surface area contributed by atoms with Gasteiger partial charge in [-0.3, -0.25) is 4.90 Å². The summed E-state index contributed by atoms with van der Waals surface area (Å²) in [5, 5.41) is 0. The molecule has 3 rings (SSSR count). The van der Waals surface area contributed by atoms with E-state index < -0.39 is 11.4 Å². The van der Waals surface area contributed by atoms with Gasteiger partial charge in [-0.25, -0.2) is 14.0 Å². The lowest BCUT2D eigenvalue weighted by atomic mass is 9.96. The summed E-state index contributed by atoms with van der Waals surface area (Å²) in [5.41, 5.74) is 1.55. The first-order valence-electron chi connectivity index (χ1n) is 9.61. The Morgan fingerprint density at radius 1 is 1.32 bits per heavy atom. The summed E-state index contributed by atoms with van der Waals surface area (Å²) in [6, 6.07) is 1.90. The van der Waals surface area contributed by atoms with E-state index in [1.807, 2.05) is 20.8 Å². The molecule has 0 unspecified atom stereocenters. The minimum absolute atomic E-state index is 0.0791. The van der Waals surface area contributed by atoms with Crippen molar-refractivity contribution in [1.29, 1.82) is 0 Å². The fourth-order valence-electron chi connectivity index (χ4n) is 3.83. The lowest BCUT2D eigenvalue weighted by Gasteiger charge is -2.46. The maximum Gasteiger partial charge on any atom is 0.410 e. The van der Waals surface area contributed by atoms with Crippen LogP contribution in [-0.2, 0) is 9.47 Å². The predicted molar refractivity (Wildman–Crippen MR) is 104 cm³/mol. The smallest absolute Gasteiger partial charge is 0.410 e. The Bertz CT molecular complexity index is 813. The molecule has 0 aromatic heterocycles.